The van der Waals surface area contributed by atoms with Gasteiger partial charge in [-0.05, 0) is 0 Å². The normalized spacial score (nSPS) is 47.6. The maximum absolute atomic E-state index is 12.8. The van der Waals surface area contributed by atoms with Crippen LogP contribution in [0.2, 0.25) is 0 Å². The molecule has 0 aromatic carbocycles. The second-order valence-corrected chi connectivity index (χ2v) is 22.5. The molecule has 0 spiro atoms. The number of rotatable bonds is 23. The quantitative estimate of drug-likeness (QED) is 0.0452. The van der Waals surface area contributed by atoms with Gasteiger partial charge in [0.1, 0.15) is 171 Å². The summed E-state index contributed by atoms with van der Waals surface area (Å²) < 4.78 is 75.9. The van der Waals surface area contributed by atoms with Gasteiger partial charge in [-0.15, -0.1) is 0 Å². The minimum absolute atomic E-state index is 0.771. The van der Waals surface area contributed by atoms with E-state index in [4.69, 9.17) is 61.6 Å². The average molecular weight is 1320 g/mol. The molecule has 7 heterocycles. The fourth-order valence-corrected chi connectivity index (χ4v) is 11.5. The van der Waals surface area contributed by atoms with Gasteiger partial charge in [0.25, 0.3) is 0 Å². The molecule has 40 nitrogen and oxygen atoms in total. The molecule has 23 N–H and O–H groups in total. The number of hydrogen-bond acceptors (Lipinski definition) is 36. The lowest BCUT2D eigenvalue weighted by Crippen LogP contribution is -2.71. The van der Waals surface area contributed by atoms with Crippen LogP contribution in [-0.2, 0) is 80.8 Å². The van der Waals surface area contributed by atoms with Crippen LogP contribution in [-0.4, -0.2) is 382 Å². The highest BCUT2D eigenvalue weighted by Gasteiger charge is 2.59. The summed E-state index contributed by atoms with van der Waals surface area (Å²) in [6.45, 7) is -2.97. The molecular formula is C50H84N4O36. The van der Waals surface area contributed by atoms with Crippen molar-refractivity contribution in [3.8, 4) is 0 Å². The SMILES string of the molecule is CC(=O)N[C@@H]1[C@@H](O[C@@H]2O[C@H](CO)[C@@H](O[C@@H]3O[C@H](CO[C@@H]4O[C@H](CO)[C@@H](O[C@@H]5O[C@H](CO)[C@H](O)[C@H](O)[C@H]5O)[C@@H](O)[C@H]4NC(C)=O)[C@H](O)[C@H](O[C@@H]4O[C@H](CO)[C@@H](O[C@@H]5O[C@H](CO)[C@H](O)[C@H](O)[C@H]5O)[C@H](O)[C@H]4NC(C)=O)[C@H]3O)[C@H](O)[C@H]2NC(C)=O)[C@@H](O)[C@@H](CO)O[C@@H]1O. The number of amides is 4. The molecule has 90 heavy (non-hydrogen) atoms. The summed E-state index contributed by atoms with van der Waals surface area (Å²) in [6, 6.07) is -7.07. The van der Waals surface area contributed by atoms with E-state index in [2.05, 4.69) is 21.3 Å². The predicted molar refractivity (Wildman–Crippen MR) is 278 cm³/mol. The Balaban J connectivity index is 1.21. The van der Waals surface area contributed by atoms with E-state index in [1.165, 1.54) is 0 Å². The number of carbonyl (C=O) groups is 4. The van der Waals surface area contributed by atoms with Crippen LogP contribution in [0.3, 0.4) is 0 Å². The van der Waals surface area contributed by atoms with Gasteiger partial charge in [0.2, 0.25) is 23.6 Å². The molecule has 0 aromatic rings. The van der Waals surface area contributed by atoms with Crippen LogP contribution in [0.15, 0.2) is 0 Å². The molecule has 0 saturated carbocycles. The number of nitrogens with one attached hydrogen (secondary N) is 4. The lowest BCUT2D eigenvalue weighted by molar-refractivity contribution is -0.384. The minimum Gasteiger partial charge on any atom is -0.394 e. The van der Waals surface area contributed by atoms with Crippen LogP contribution in [0.5, 0.6) is 0 Å². The third kappa shape index (κ3) is 16.4. The van der Waals surface area contributed by atoms with E-state index in [9.17, 15) is 116 Å². The largest absolute Gasteiger partial charge is 0.394 e. The fraction of sp³-hybridized carbons (Fsp3) is 0.920. The van der Waals surface area contributed by atoms with Crippen molar-refractivity contribution in [3.05, 3.63) is 0 Å². The number of carbonyl (C=O) groups excluding carboxylic acids is 4. The van der Waals surface area contributed by atoms with Crippen molar-refractivity contribution in [2.45, 2.75) is 242 Å². The van der Waals surface area contributed by atoms with Gasteiger partial charge < -0.3 is 180 Å². The first-order valence-corrected chi connectivity index (χ1v) is 28.6. The fourth-order valence-electron chi connectivity index (χ4n) is 11.5. The maximum atomic E-state index is 12.8. The molecule has 0 radical (unpaired) electrons. The minimum atomic E-state index is -2.39. The molecule has 7 rings (SSSR count). The van der Waals surface area contributed by atoms with Crippen molar-refractivity contribution in [2.24, 2.45) is 0 Å². The zero-order chi connectivity index (χ0) is 66.5. The molecule has 0 aromatic heterocycles. The first kappa shape index (κ1) is 74.0. The van der Waals surface area contributed by atoms with Crippen LogP contribution in [0.1, 0.15) is 27.7 Å². The molecule has 0 aliphatic carbocycles. The number of aliphatic hydroxyl groups is 19. The second kappa shape index (κ2) is 32.4. The third-order valence-corrected chi connectivity index (χ3v) is 16.1. The topological polar surface area (TPSA) is 621 Å². The monoisotopic (exact) mass is 1320 g/mol. The van der Waals surface area contributed by atoms with Crippen LogP contribution >= 0.6 is 0 Å². The molecule has 7 saturated heterocycles. The number of ether oxygens (including phenoxy) is 13. The van der Waals surface area contributed by atoms with Gasteiger partial charge in [-0.2, -0.15) is 0 Å². The van der Waals surface area contributed by atoms with Crippen LogP contribution in [0.25, 0.3) is 0 Å². The highest BCUT2D eigenvalue weighted by Crippen LogP contribution is 2.38. The molecule has 35 atom stereocenters. The van der Waals surface area contributed by atoms with Gasteiger partial charge >= 0.3 is 0 Å². The highest BCUT2D eigenvalue weighted by molar-refractivity contribution is 5.74. The Hall–Kier alpha value is -3.40. The average Bonchev–Trinajstić information content (AvgIpc) is 0.818. The van der Waals surface area contributed by atoms with Crippen LogP contribution in [0, 0.1) is 0 Å². The molecular weight excluding hydrogens is 1230 g/mol. The lowest BCUT2D eigenvalue weighted by atomic mass is 9.93. The van der Waals surface area contributed by atoms with E-state index in [1.54, 1.807) is 0 Å². The standard InChI is InChI=1S/C50H84N4O36/c1-12(61)51-23-31(69)39(86-48-36(74)34(72)27(65)16(5-55)80-48)19(8-58)82-45(23)78-11-22-30(68)43(90-47-25(53-14(3)63)33(71)40(20(9-59)84-47)87-49-37(75)35(73)28(66)17(6-56)81-49)38(76)50(85-22)88-41-21(10-60)83-46(24(32(41)70)52-13(2)62)89-42-26(54-15(4)64)44(77)79-18(7-57)29(42)67/h16-50,55-60,65-77H,5-11H2,1-4H3,(H,51,61)(H,52,62)(H,53,63)(H,54,64)/t16-,17-,18-,19-,20-,21-,22-,23-,24-,25-,26-,27+,28+,29+,30+,31+,32-,33-,34+,35+,36-,37-,38-,39-,40-,41-,42-,43+,44+,45-,46+,47+,48+,49+,50+/m1/s1. The van der Waals surface area contributed by atoms with E-state index >= 15 is 0 Å². The Bertz CT molecular complexity index is 2310. The van der Waals surface area contributed by atoms with Gasteiger partial charge in [0.05, 0.1) is 46.2 Å². The summed E-state index contributed by atoms with van der Waals surface area (Å²) in [7, 11) is 0. The van der Waals surface area contributed by atoms with Gasteiger partial charge in [0.15, 0.2) is 44.0 Å². The Morgan fingerprint density at radius 3 is 0.956 bits per heavy atom. The molecule has 7 fully saturated rings. The molecule has 0 unspecified atom stereocenters. The van der Waals surface area contributed by atoms with Crippen molar-refractivity contribution in [3.63, 3.8) is 0 Å². The Kier molecular flexibility index (Phi) is 26.6. The molecule has 7 aliphatic rings. The van der Waals surface area contributed by atoms with Gasteiger partial charge in [0, 0.05) is 27.7 Å². The zero-order valence-electron chi connectivity index (χ0n) is 48.6. The second-order valence-electron chi connectivity index (χ2n) is 22.5. The summed E-state index contributed by atoms with van der Waals surface area (Å²) in [5, 5.41) is 216. The summed E-state index contributed by atoms with van der Waals surface area (Å²) in [5.41, 5.74) is 0. The number of hydrogen-bond donors (Lipinski definition) is 23. The number of aliphatic hydroxyl groups excluding tert-OH is 19. The third-order valence-electron chi connectivity index (χ3n) is 16.1. The molecule has 0 bridgehead atoms. The van der Waals surface area contributed by atoms with Gasteiger partial charge in [-0.3, -0.25) is 19.2 Å². The van der Waals surface area contributed by atoms with Crippen molar-refractivity contribution < 1.29 is 178 Å². The first-order chi connectivity index (χ1) is 42.5. The van der Waals surface area contributed by atoms with E-state index in [0.717, 1.165) is 27.7 Å². The Morgan fingerprint density at radius 2 is 0.578 bits per heavy atom. The molecule has 40 heteroatoms. The summed E-state index contributed by atoms with van der Waals surface area (Å²) in [4.78, 5) is 50.6. The highest BCUT2D eigenvalue weighted by atomic mass is 16.8. The van der Waals surface area contributed by atoms with Crippen molar-refractivity contribution >= 4 is 23.6 Å². The Morgan fingerprint density at radius 1 is 0.289 bits per heavy atom. The van der Waals surface area contributed by atoms with Gasteiger partial charge in [-0.25, -0.2) is 0 Å². The van der Waals surface area contributed by atoms with Crippen molar-refractivity contribution in [1.82, 2.24) is 21.3 Å². The Labute approximate surface area is 510 Å². The molecule has 7 aliphatic heterocycles. The first-order valence-electron chi connectivity index (χ1n) is 28.6. The van der Waals surface area contributed by atoms with E-state index in [1.807, 2.05) is 0 Å². The molecule has 520 valence electrons. The van der Waals surface area contributed by atoms with Crippen molar-refractivity contribution in [1.29, 1.82) is 0 Å². The summed E-state index contributed by atoms with van der Waals surface area (Å²) >= 11 is 0. The zero-order valence-corrected chi connectivity index (χ0v) is 48.6. The van der Waals surface area contributed by atoms with Crippen LogP contribution < -0.4 is 21.3 Å². The molecule has 4 amide bonds. The van der Waals surface area contributed by atoms with E-state index in [0.29, 0.717) is 0 Å². The van der Waals surface area contributed by atoms with Crippen molar-refractivity contribution in [2.75, 3.05) is 46.2 Å². The van der Waals surface area contributed by atoms with E-state index in [-0.39, 0.29) is 0 Å². The maximum Gasteiger partial charge on any atom is 0.217 e. The predicted octanol–water partition coefficient (Wildman–Crippen LogP) is -15.7. The van der Waals surface area contributed by atoms with Gasteiger partial charge in [-0.1, -0.05) is 0 Å². The summed E-state index contributed by atoms with van der Waals surface area (Å²) in [6.07, 6.45) is -60.2. The summed E-state index contributed by atoms with van der Waals surface area (Å²) in [5.74, 6) is -3.41. The lowest BCUT2D eigenvalue weighted by Gasteiger charge is -2.51. The van der Waals surface area contributed by atoms with Crippen LogP contribution in [0.4, 0.5) is 0 Å². The van der Waals surface area contributed by atoms with E-state index < -0.39 is 285 Å². The smallest absolute Gasteiger partial charge is 0.217 e.